The Morgan fingerprint density at radius 3 is 2.93 bits per heavy atom. The van der Waals surface area contributed by atoms with Crippen LogP contribution in [0.3, 0.4) is 0 Å². The SMILES string of the molecule is C=CC(C)Nc1ccc(F)c(C#N)c1. The molecule has 0 radical (unpaired) electrons. The zero-order valence-corrected chi connectivity index (χ0v) is 7.92. The molecule has 0 bridgehead atoms. The van der Waals surface area contributed by atoms with Crippen molar-refractivity contribution in [1.82, 2.24) is 0 Å². The summed E-state index contributed by atoms with van der Waals surface area (Å²) in [6.45, 7) is 5.53. The Kier molecular flexibility index (Phi) is 3.24. The van der Waals surface area contributed by atoms with Crippen molar-refractivity contribution in [3.63, 3.8) is 0 Å². The van der Waals surface area contributed by atoms with Crippen molar-refractivity contribution >= 4 is 5.69 Å². The summed E-state index contributed by atoms with van der Waals surface area (Å²) in [5.41, 5.74) is 0.765. The van der Waals surface area contributed by atoms with Crippen molar-refractivity contribution < 1.29 is 4.39 Å². The lowest BCUT2D eigenvalue weighted by Crippen LogP contribution is -2.11. The van der Waals surface area contributed by atoms with E-state index in [0.717, 1.165) is 5.69 Å². The highest BCUT2D eigenvalue weighted by molar-refractivity contribution is 5.50. The summed E-state index contributed by atoms with van der Waals surface area (Å²) in [4.78, 5) is 0. The van der Waals surface area contributed by atoms with E-state index in [1.807, 2.05) is 6.92 Å². The van der Waals surface area contributed by atoms with Gasteiger partial charge in [0.25, 0.3) is 0 Å². The zero-order chi connectivity index (χ0) is 10.6. The van der Waals surface area contributed by atoms with Crippen LogP contribution in [-0.2, 0) is 0 Å². The lowest BCUT2D eigenvalue weighted by atomic mass is 10.2. The van der Waals surface area contributed by atoms with E-state index in [4.69, 9.17) is 5.26 Å². The summed E-state index contributed by atoms with van der Waals surface area (Å²) in [6, 6.07) is 6.23. The van der Waals surface area contributed by atoms with E-state index in [-0.39, 0.29) is 11.6 Å². The number of rotatable bonds is 3. The minimum absolute atomic E-state index is 0.0475. The second kappa shape index (κ2) is 4.43. The van der Waals surface area contributed by atoms with E-state index in [0.29, 0.717) is 0 Å². The molecule has 0 fully saturated rings. The van der Waals surface area contributed by atoms with Gasteiger partial charge in [0.2, 0.25) is 0 Å². The predicted octanol–water partition coefficient (Wildman–Crippen LogP) is 2.68. The molecule has 2 nitrogen and oxygen atoms in total. The second-order valence-corrected chi connectivity index (χ2v) is 2.98. The average Bonchev–Trinajstić information content (AvgIpc) is 2.20. The largest absolute Gasteiger partial charge is 0.379 e. The summed E-state index contributed by atoms with van der Waals surface area (Å²) < 4.78 is 12.9. The molecule has 1 aromatic rings. The molecule has 1 aromatic carbocycles. The Hall–Kier alpha value is -1.82. The lowest BCUT2D eigenvalue weighted by molar-refractivity contribution is 0.624. The van der Waals surface area contributed by atoms with Gasteiger partial charge in [0.15, 0.2) is 0 Å². The average molecular weight is 190 g/mol. The Morgan fingerprint density at radius 2 is 2.36 bits per heavy atom. The number of halogens is 1. The summed E-state index contributed by atoms with van der Waals surface area (Å²) in [5, 5.41) is 11.7. The second-order valence-electron chi connectivity index (χ2n) is 2.98. The van der Waals surface area contributed by atoms with Gasteiger partial charge in [-0.05, 0) is 25.1 Å². The molecule has 72 valence electrons. The molecule has 1 rings (SSSR count). The topological polar surface area (TPSA) is 35.8 Å². The van der Waals surface area contributed by atoms with E-state index in [1.54, 1.807) is 18.2 Å². The maximum Gasteiger partial charge on any atom is 0.141 e. The number of anilines is 1. The first-order valence-corrected chi connectivity index (χ1v) is 4.26. The van der Waals surface area contributed by atoms with E-state index in [2.05, 4.69) is 11.9 Å². The van der Waals surface area contributed by atoms with Gasteiger partial charge in [0.05, 0.1) is 5.56 Å². The molecule has 0 saturated carbocycles. The van der Waals surface area contributed by atoms with Crippen molar-refractivity contribution in [2.45, 2.75) is 13.0 Å². The van der Waals surface area contributed by atoms with Gasteiger partial charge in [-0.15, -0.1) is 6.58 Å². The fourth-order valence-corrected chi connectivity index (χ4v) is 1.02. The lowest BCUT2D eigenvalue weighted by Gasteiger charge is -2.10. The molecule has 0 aliphatic rings. The molecule has 0 aliphatic carbocycles. The van der Waals surface area contributed by atoms with Crippen LogP contribution in [0.1, 0.15) is 12.5 Å². The quantitative estimate of drug-likeness (QED) is 0.744. The zero-order valence-electron chi connectivity index (χ0n) is 7.92. The molecule has 1 atom stereocenters. The van der Waals surface area contributed by atoms with Crippen LogP contribution in [-0.4, -0.2) is 6.04 Å². The van der Waals surface area contributed by atoms with Gasteiger partial charge in [-0.3, -0.25) is 0 Å². The van der Waals surface area contributed by atoms with Crippen LogP contribution in [0.4, 0.5) is 10.1 Å². The number of hydrogen-bond donors (Lipinski definition) is 1. The van der Waals surface area contributed by atoms with E-state index in [9.17, 15) is 4.39 Å². The molecule has 0 amide bonds. The predicted molar refractivity (Wildman–Crippen MR) is 54.4 cm³/mol. The third kappa shape index (κ3) is 2.33. The number of nitrogens with zero attached hydrogens (tertiary/aromatic N) is 1. The minimum Gasteiger partial charge on any atom is -0.379 e. The van der Waals surface area contributed by atoms with Crippen LogP contribution in [0.25, 0.3) is 0 Å². The van der Waals surface area contributed by atoms with Gasteiger partial charge in [0.1, 0.15) is 11.9 Å². The van der Waals surface area contributed by atoms with Crippen LogP contribution < -0.4 is 5.32 Å². The normalized spacial score (nSPS) is 11.5. The van der Waals surface area contributed by atoms with Gasteiger partial charge in [-0.25, -0.2) is 4.39 Å². The summed E-state index contributed by atoms with van der Waals surface area (Å²) in [5.74, 6) is -0.496. The van der Waals surface area contributed by atoms with Crippen LogP contribution in [0.2, 0.25) is 0 Å². The van der Waals surface area contributed by atoms with Crippen LogP contribution >= 0.6 is 0 Å². The van der Waals surface area contributed by atoms with Crippen molar-refractivity contribution in [3.05, 3.63) is 42.2 Å². The van der Waals surface area contributed by atoms with E-state index >= 15 is 0 Å². The maximum atomic E-state index is 12.9. The summed E-state index contributed by atoms with van der Waals surface area (Å²) in [7, 11) is 0. The van der Waals surface area contributed by atoms with Crippen molar-refractivity contribution in [3.8, 4) is 6.07 Å². The third-order valence-electron chi connectivity index (χ3n) is 1.83. The highest BCUT2D eigenvalue weighted by Gasteiger charge is 2.03. The molecule has 1 N–H and O–H groups in total. The standard InChI is InChI=1S/C11H11FN2/c1-3-8(2)14-10-4-5-11(12)9(6-10)7-13/h3-6,8,14H,1H2,2H3. The third-order valence-corrected chi connectivity index (χ3v) is 1.83. The smallest absolute Gasteiger partial charge is 0.141 e. The fourth-order valence-electron chi connectivity index (χ4n) is 1.02. The molecule has 0 saturated heterocycles. The van der Waals surface area contributed by atoms with Gasteiger partial charge < -0.3 is 5.32 Å². The first kappa shape index (κ1) is 10.3. The van der Waals surface area contributed by atoms with Crippen LogP contribution in [0.15, 0.2) is 30.9 Å². The highest BCUT2D eigenvalue weighted by Crippen LogP contribution is 2.14. The van der Waals surface area contributed by atoms with Gasteiger partial charge in [-0.1, -0.05) is 6.08 Å². The monoisotopic (exact) mass is 190 g/mol. The highest BCUT2D eigenvalue weighted by atomic mass is 19.1. The van der Waals surface area contributed by atoms with Crippen molar-refractivity contribution in [2.75, 3.05) is 5.32 Å². The fraction of sp³-hybridized carbons (Fsp3) is 0.182. The number of benzene rings is 1. The molecule has 3 heteroatoms. The van der Waals surface area contributed by atoms with Crippen molar-refractivity contribution in [1.29, 1.82) is 5.26 Å². The maximum absolute atomic E-state index is 12.9. The number of nitrogens with one attached hydrogen (secondary N) is 1. The first-order chi connectivity index (χ1) is 6.67. The Labute approximate surface area is 82.7 Å². The van der Waals surface area contributed by atoms with Gasteiger partial charge >= 0.3 is 0 Å². The Bertz CT molecular complexity index is 379. The van der Waals surface area contributed by atoms with Gasteiger partial charge in [0, 0.05) is 11.7 Å². The molecular formula is C11H11FN2. The summed E-state index contributed by atoms with van der Waals surface area (Å²) >= 11 is 0. The molecule has 0 aliphatic heterocycles. The van der Waals surface area contributed by atoms with E-state index < -0.39 is 5.82 Å². The number of nitriles is 1. The molecule has 0 spiro atoms. The van der Waals surface area contributed by atoms with E-state index in [1.165, 1.54) is 12.1 Å². The molecule has 1 unspecified atom stereocenters. The molecular weight excluding hydrogens is 179 g/mol. The Morgan fingerprint density at radius 1 is 1.64 bits per heavy atom. The Balaban J connectivity index is 2.91. The molecule has 14 heavy (non-hydrogen) atoms. The minimum atomic E-state index is -0.496. The number of hydrogen-bond acceptors (Lipinski definition) is 2. The van der Waals surface area contributed by atoms with Crippen LogP contribution in [0, 0.1) is 17.1 Å². The molecule has 0 aromatic heterocycles. The molecule has 0 heterocycles. The van der Waals surface area contributed by atoms with Gasteiger partial charge in [-0.2, -0.15) is 5.26 Å². The summed E-state index contributed by atoms with van der Waals surface area (Å²) in [6.07, 6.45) is 1.73. The van der Waals surface area contributed by atoms with Crippen molar-refractivity contribution in [2.24, 2.45) is 0 Å². The first-order valence-electron chi connectivity index (χ1n) is 4.26. The van der Waals surface area contributed by atoms with Crippen LogP contribution in [0.5, 0.6) is 0 Å².